The summed E-state index contributed by atoms with van der Waals surface area (Å²) in [5.74, 6) is 0. The molecule has 1 atom stereocenters. The molecule has 0 saturated carbocycles. The van der Waals surface area contributed by atoms with Crippen molar-refractivity contribution in [3.63, 3.8) is 0 Å². The van der Waals surface area contributed by atoms with Crippen LogP contribution < -0.4 is 5.32 Å². The lowest BCUT2D eigenvalue weighted by Crippen LogP contribution is -2.23. The lowest BCUT2D eigenvalue weighted by molar-refractivity contribution is 0.191. The van der Waals surface area contributed by atoms with Gasteiger partial charge in [0.25, 0.3) is 0 Å². The molecule has 0 aliphatic heterocycles. The van der Waals surface area contributed by atoms with Crippen molar-refractivity contribution in [3.8, 4) is 6.07 Å². The molecule has 0 fully saturated rings. The molecule has 0 aliphatic carbocycles. The molecule has 0 amide bonds. The highest BCUT2D eigenvalue weighted by Crippen LogP contribution is 2.05. The Balaban J connectivity index is 2.48. The Bertz CT molecular complexity index is 336. The maximum Gasteiger partial charge on any atom is 0.120 e. The van der Waals surface area contributed by atoms with Gasteiger partial charge >= 0.3 is 0 Å². The number of aryl methyl sites for hydroxylation is 1. The first-order valence-corrected chi connectivity index (χ1v) is 4.57. The standard InChI is InChI=1S/C10H15N3O/c1-8(14)5-12-6-9-3-10(4-11)13(2)7-9/h3,7-8,12,14H,5-6H2,1-2H3. The molecular formula is C10H15N3O. The van der Waals surface area contributed by atoms with Gasteiger partial charge in [-0.2, -0.15) is 5.26 Å². The number of nitriles is 1. The first kappa shape index (κ1) is 10.8. The first-order chi connectivity index (χ1) is 6.63. The van der Waals surface area contributed by atoms with Gasteiger partial charge in [-0.25, -0.2) is 0 Å². The van der Waals surface area contributed by atoms with Gasteiger partial charge in [-0.3, -0.25) is 0 Å². The molecule has 2 N–H and O–H groups in total. The van der Waals surface area contributed by atoms with Gasteiger partial charge in [0.1, 0.15) is 11.8 Å². The minimum atomic E-state index is -0.339. The van der Waals surface area contributed by atoms with Gasteiger partial charge < -0.3 is 15.0 Å². The zero-order valence-electron chi connectivity index (χ0n) is 8.49. The van der Waals surface area contributed by atoms with Crippen LogP contribution in [0.5, 0.6) is 0 Å². The first-order valence-electron chi connectivity index (χ1n) is 4.57. The van der Waals surface area contributed by atoms with Crippen LogP contribution in [-0.4, -0.2) is 22.3 Å². The molecule has 4 nitrogen and oxygen atoms in total. The second-order valence-electron chi connectivity index (χ2n) is 3.44. The summed E-state index contributed by atoms with van der Waals surface area (Å²) < 4.78 is 1.79. The lowest BCUT2D eigenvalue weighted by Gasteiger charge is -2.04. The van der Waals surface area contributed by atoms with Crippen LogP contribution in [0, 0.1) is 11.3 Å². The Morgan fingerprint density at radius 2 is 2.43 bits per heavy atom. The Hall–Kier alpha value is -1.31. The van der Waals surface area contributed by atoms with E-state index in [1.165, 1.54) is 0 Å². The largest absolute Gasteiger partial charge is 0.392 e. The Labute approximate surface area is 83.8 Å². The maximum absolute atomic E-state index is 9.02. The van der Waals surface area contributed by atoms with Gasteiger partial charge in [0.2, 0.25) is 0 Å². The molecule has 0 radical (unpaired) electrons. The highest BCUT2D eigenvalue weighted by Gasteiger charge is 2.02. The number of hydrogen-bond acceptors (Lipinski definition) is 3. The van der Waals surface area contributed by atoms with Gasteiger partial charge in [0, 0.05) is 26.3 Å². The zero-order chi connectivity index (χ0) is 10.6. The van der Waals surface area contributed by atoms with E-state index in [1.807, 2.05) is 19.3 Å². The van der Waals surface area contributed by atoms with E-state index in [1.54, 1.807) is 11.5 Å². The minimum Gasteiger partial charge on any atom is -0.392 e. The second kappa shape index (κ2) is 4.80. The van der Waals surface area contributed by atoms with Crippen LogP contribution in [0.4, 0.5) is 0 Å². The normalized spacial score (nSPS) is 12.4. The summed E-state index contributed by atoms with van der Waals surface area (Å²) in [6, 6.07) is 3.94. The summed E-state index contributed by atoms with van der Waals surface area (Å²) >= 11 is 0. The van der Waals surface area contributed by atoms with Crippen LogP contribution in [0.2, 0.25) is 0 Å². The predicted octanol–water partition coefficient (Wildman–Crippen LogP) is 0.367. The molecule has 0 aromatic carbocycles. The Morgan fingerprint density at radius 3 is 2.93 bits per heavy atom. The van der Waals surface area contributed by atoms with Crippen molar-refractivity contribution in [1.29, 1.82) is 5.26 Å². The highest BCUT2D eigenvalue weighted by atomic mass is 16.3. The SMILES string of the molecule is CC(O)CNCc1cc(C#N)n(C)c1. The van der Waals surface area contributed by atoms with Crippen molar-refractivity contribution in [2.45, 2.75) is 19.6 Å². The Kier molecular flexibility index (Phi) is 3.69. The lowest BCUT2D eigenvalue weighted by atomic mass is 10.3. The van der Waals surface area contributed by atoms with Crippen molar-refractivity contribution >= 4 is 0 Å². The number of nitrogens with one attached hydrogen (secondary N) is 1. The maximum atomic E-state index is 9.02. The molecule has 14 heavy (non-hydrogen) atoms. The van der Waals surface area contributed by atoms with Gasteiger partial charge in [-0.05, 0) is 18.6 Å². The number of hydrogen-bond donors (Lipinski definition) is 2. The van der Waals surface area contributed by atoms with E-state index in [0.29, 0.717) is 18.8 Å². The minimum absolute atomic E-state index is 0.339. The van der Waals surface area contributed by atoms with E-state index in [-0.39, 0.29) is 6.10 Å². The summed E-state index contributed by atoms with van der Waals surface area (Å²) in [6.45, 7) is 2.98. The van der Waals surface area contributed by atoms with Gasteiger partial charge in [0.05, 0.1) is 6.10 Å². The molecule has 0 saturated heterocycles. The summed E-state index contributed by atoms with van der Waals surface area (Å²) in [4.78, 5) is 0. The molecule has 0 aliphatic rings. The summed E-state index contributed by atoms with van der Waals surface area (Å²) in [7, 11) is 1.84. The summed E-state index contributed by atoms with van der Waals surface area (Å²) in [6.07, 6.45) is 1.57. The van der Waals surface area contributed by atoms with Crippen LogP contribution in [0.1, 0.15) is 18.2 Å². The van der Waals surface area contributed by atoms with Crippen molar-refractivity contribution < 1.29 is 5.11 Å². The monoisotopic (exact) mass is 193 g/mol. The smallest absolute Gasteiger partial charge is 0.120 e. The van der Waals surface area contributed by atoms with Crippen molar-refractivity contribution in [2.24, 2.45) is 7.05 Å². The van der Waals surface area contributed by atoms with Gasteiger partial charge in [0.15, 0.2) is 0 Å². The molecule has 1 heterocycles. The highest BCUT2D eigenvalue weighted by molar-refractivity contribution is 5.28. The number of nitrogens with zero attached hydrogens (tertiary/aromatic N) is 2. The van der Waals surface area contributed by atoms with Crippen LogP contribution in [-0.2, 0) is 13.6 Å². The van der Waals surface area contributed by atoms with Crippen LogP contribution >= 0.6 is 0 Å². The molecule has 0 spiro atoms. The van der Waals surface area contributed by atoms with Crippen molar-refractivity contribution in [3.05, 3.63) is 23.5 Å². The average molecular weight is 193 g/mol. The molecule has 1 rings (SSSR count). The third kappa shape index (κ3) is 2.87. The summed E-state index contributed by atoms with van der Waals surface area (Å²) in [5.41, 5.74) is 1.71. The van der Waals surface area contributed by atoms with Crippen LogP contribution in [0.15, 0.2) is 12.3 Å². The van der Waals surface area contributed by atoms with Gasteiger partial charge in [-0.1, -0.05) is 0 Å². The van der Waals surface area contributed by atoms with Crippen LogP contribution in [0.3, 0.4) is 0 Å². The molecule has 1 aromatic heterocycles. The number of aromatic nitrogens is 1. The second-order valence-corrected chi connectivity index (χ2v) is 3.44. The van der Waals surface area contributed by atoms with E-state index in [4.69, 9.17) is 10.4 Å². The molecular weight excluding hydrogens is 178 g/mol. The number of aliphatic hydroxyl groups excluding tert-OH is 1. The van der Waals surface area contributed by atoms with Gasteiger partial charge in [-0.15, -0.1) is 0 Å². The molecule has 1 unspecified atom stereocenters. The molecule has 0 bridgehead atoms. The third-order valence-corrected chi connectivity index (χ3v) is 1.94. The molecule has 4 heteroatoms. The molecule has 76 valence electrons. The Morgan fingerprint density at radius 1 is 1.71 bits per heavy atom. The average Bonchev–Trinajstić information content (AvgIpc) is 2.45. The fraction of sp³-hybridized carbons (Fsp3) is 0.500. The zero-order valence-corrected chi connectivity index (χ0v) is 8.49. The number of rotatable bonds is 4. The quantitative estimate of drug-likeness (QED) is 0.726. The van der Waals surface area contributed by atoms with E-state index >= 15 is 0 Å². The van der Waals surface area contributed by atoms with Crippen molar-refractivity contribution in [1.82, 2.24) is 9.88 Å². The van der Waals surface area contributed by atoms with E-state index in [2.05, 4.69) is 11.4 Å². The topological polar surface area (TPSA) is 61.0 Å². The van der Waals surface area contributed by atoms with E-state index < -0.39 is 0 Å². The van der Waals surface area contributed by atoms with E-state index in [9.17, 15) is 0 Å². The predicted molar refractivity (Wildman–Crippen MR) is 53.5 cm³/mol. The fourth-order valence-corrected chi connectivity index (χ4v) is 1.27. The van der Waals surface area contributed by atoms with Crippen molar-refractivity contribution in [2.75, 3.05) is 6.54 Å². The third-order valence-electron chi connectivity index (χ3n) is 1.94. The number of aliphatic hydroxyl groups is 1. The fourth-order valence-electron chi connectivity index (χ4n) is 1.27. The molecule has 1 aromatic rings. The summed E-state index contributed by atoms with van der Waals surface area (Å²) in [5, 5.41) is 20.8. The van der Waals surface area contributed by atoms with E-state index in [0.717, 1.165) is 5.56 Å². The van der Waals surface area contributed by atoms with Crippen LogP contribution in [0.25, 0.3) is 0 Å².